The average Bonchev–Trinajstić information content (AvgIpc) is 1.78. The van der Waals surface area contributed by atoms with Gasteiger partial charge in [-0.25, -0.2) is 0 Å². The normalized spacial score (nSPS) is 14.1. The molecule has 0 fully saturated rings. The van der Waals surface area contributed by atoms with Crippen LogP contribution in [-0.4, -0.2) is 15.9 Å². The van der Waals surface area contributed by atoms with Gasteiger partial charge in [-0.05, 0) is 27.7 Å². The minimum Gasteiger partial charge on any atom is -0.301 e. The molecule has 3 nitrogen and oxygen atoms in total. The van der Waals surface area contributed by atoms with Crippen molar-refractivity contribution in [2.45, 2.75) is 43.6 Å². The van der Waals surface area contributed by atoms with Crippen molar-refractivity contribution in [1.29, 1.82) is 0 Å². The summed E-state index contributed by atoms with van der Waals surface area (Å²) in [5.74, 6) is 0. The molecule has 0 bridgehead atoms. The van der Waals surface area contributed by atoms with E-state index in [1.807, 2.05) is 0 Å². The van der Waals surface area contributed by atoms with Crippen LogP contribution in [0.2, 0.25) is 0 Å². The highest BCUT2D eigenvalue weighted by Crippen LogP contribution is 2.66. The molecule has 0 rings (SSSR count). The molecule has 0 spiro atoms. The number of hydrogen-bond acceptors (Lipinski definition) is 3. The first-order valence-electron chi connectivity index (χ1n) is 4.12. The van der Waals surface area contributed by atoms with Crippen molar-refractivity contribution in [2.75, 3.05) is 0 Å². The van der Waals surface area contributed by atoms with Crippen LogP contribution >= 0.6 is 30.2 Å². The van der Waals surface area contributed by atoms with Crippen LogP contribution in [0.3, 0.4) is 0 Å². The molecule has 0 amide bonds. The molecule has 14 heavy (non-hydrogen) atoms. The fourth-order valence-electron chi connectivity index (χ4n) is 0.699. The second-order valence-electron chi connectivity index (χ2n) is 3.27. The molecular weight excluding hydrogens is 328 g/mol. The zero-order chi connectivity index (χ0) is 11.6. The van der Waals surface area contributed by atoms with E-state index >= 15 is 0 Å². The summed E-state index contributed by atoms with van der Waals surface area (Å²) in [5, 5.41) is 0. The second kappa shape index (κ2) is 5.18. The lowest BCUT2D eigenvalue weighted by Crippen LogP contribution is -2.18. The predicted octanol–water partition coefficient (Wildman–Crippen LogP) is 4.01. The highest BCUT2D eigenvalue weighted by atomic mass is 127. The third-order valence-corrected chi connectivity index (χ3v) is 4.80. The van der Waals surface area contributed by atoms with Gasteiger partial charge in [0.1, 0.15) is 0 Å². The second-order valence-corrected chi connectivity index (χ2v) is 7.46. The van der Waals surface area contributed by atoms with E-state index in [1.54, 1.807) is 0 Å². The Balaban J connectivity index is 4.78. The SMILES string of the molecule is CC(C)OP(=O)(OC(C)C)C(F)(F)I. The van der Waals surface area contributed by atoms with Crippen molar-refractivity contribution in [3.8, 4) is 0 Å². The monoisotopic (exact) mass is 342 g/mol. The van der Waals surface area contributed by atoms with Crippen molar-refractivity contribution < 1.29 is 22.4 Å². The van der Waals surface area contributed by atoms with Crippen LogP contribution in [0.15, 0.2) is 0 Å². The quantitative estimate of drug-likeness (QED) is 0.430. The van der Waals surface area contributed by atoms with Gasteiger partial charge >= 0.3 is 11.3 Å². The largest absolute Gasteiger partial charge is 0.410 e. The summed E-state index contributed by atoms with van der Waals surface area (Å²) < 4.78 is 43.5. The molecule has 0 aliphatic rings. The smallest absolute Gasteiger partial charge is 0.301 e. The van der Waals surface area contributed by atoms with Crippen LogP contribution in [-0.2, 0) is 13.6 Å². The number of alkyl halides is 3. The number of rotatable bonds is 5. The highest BCUT2D eigenvalue weighted by molar-refractivity contribution is 14.1. The van der Waals surface area contributed by atoms with Crippen molar-refractivity contribution >= 4 is 30.2 Å². The first kappa shape index (κ1) is 14.7. The lowest BCUT2D eigenvalue weighted by Gasteiger charge is -2.25. The zero-order valence-corrected chi connectivity index (χ0v) is 11.5. The summed E-state index contributed by atoms with van der Waals surface area (Å²) in [6, 6.07) is 0. The first-order chi connectivity index (χ1) is 6.08. The lowest BCUT2D eigenvalue weighted by atomic mass is 10.5. The van der Waals surface area contributed by atoms with Gasteiger partial charge in [-0.15, -0.1) is 0 Å². The topological polar surface area (TPSA) is 35.5 Å². The van der Waals surface area contributed by atoms with Gasteiger partial charge in [0, 0.05) is 22.6 Å². The fourth-order valence-corrected chi connectivity index (χ4v) is 2.78. The van der Waals surface area contributed by atoms with Crippen LogP contribution in [0.4, 0.5) is 8.78 Å². The third-order valence-electron chi connectivity index (χ3n) is 1.01. The molecule has 0 aromatic heterocycles. The van der Waals surface area contributed by atoms with Gasteiger partial charge in [0.15, 0.2) is 0 Å². The van der Waals surface area contributed by atoms with Crippen LogP contribution in [0, 0.1) is 0 Å². The maximum atomic E-state index is 13.0. The van der Waals surface area contributed by atoms with E-state index in [0.717, 1.165) is 22.6 Å². The Hall–Kier alpha value is 0.740. The Labute approximate surface area is 96.2 Å². The molecule has 0 saturated heterocycles. The fraction of sp³-hybridized carbons (Fsp3) is 1.00. The van der Waals surface area contributed by atoms with E-state index in [1.165, 1.54) is 27.7 Å². The van der Waals surface area contributed by atoms with Gasteiger partial charge in [-0.1, -0.05) is 0 Å². The molecule has 0 aromatic rings. The van der Waals surface area contributed by atoms with Gasteiger partial charge in [-0.3, -0.25) is 4.57 Å². The predicted molar refractivity (Wildman–Crippen MR) is 59.0 cm³/mol. The molecule has 0 atom stereocenters. The van der Waals surface area contributed by atoms with E-state index in [9.17, 15) is 13.3 Å². The number of halogens is 3. The number of hydrogen-bond donors (Lipinski definition) is 0. The molecule has 7 heteroatoms. The van der Waals surface area contributed by atoms with Crippen molar-refractivity contribution in [3.63, 3.8) is 0 Å². The standard InChI is InChI=1S/C7H14F2IO3P/c1-5(2)12-14(11,7(8,9)10)13-6(3)4/h5-6H,1-4H3. The maximum absolute atomic E-state index is 13.0. The average molecular weight is 342 g/mol. The van der Waals surface area contributed by atoms with Crippen LogP contribution in [0.5, 0.6) is 0 Å². The molecule has 0 saturated carbocycles. The summed E-state index contributed by atoms with van der Waals surface area (Å²) in [6.45, 7) is 6.11. The Bertz CT molecular complexity index is 213. The Morgan fingerprint density at radius 3 is 1.57 bits per heavy atom. The van der Waals surface area contributed by atoms with E-state index in [0.29, 0.717) is 0 Å². The third kappa shape index (κ3) is 4.51. The molecule has 86 valence electrons. The molecule has 0 radical (unpaired) electrons. The van der Waals surface area contributed by atoms with Gasteiger partial charge in [0.05, 0.1) is 12.2 Å². The van der Waals surface area contributed by atoms with Gasteiger partial charge in [0.25, 0.3) is 0 Å². The van der Waals surface area contributed by atoms with Crippen molar-refractivity contribution in [1.82, 2.24) is 0 Å². The summed E-state index contributed by atoms with van der Waals surface area (Å²) >= 11 is 0.776. The highest BCUT2D eigenvalue weighted by Gasteiger charge is 2.52. The summed E-state index contributed by atoms with van der Waals surface area (Å²) in [5.41, 5.74) is 0. The molecule has 0 aliphatic heterocycles. The van der Waals surface area contributed by atoms with Crippen molar-refractivity contribution in [3.05, 3.63) is 0 Å². The van der Waals surface area contributed by atoms with E-state index in [-0.39, 0.29) is 0 Å². The van der Waals surface area contributed by atoms with Gasteiger partial charge in [-0.2, -0.15) is 8.78 Å². The molecule has 0 aromatic carbocycles. The summed E-state index contributed by atoms with van der Waals surface area (Å²) in [6.07, 6.45) is -1.14. The van der Waals surface area contributed by atoms with Gasteiger partial charge < -0.3 is 9.05 Å². The minimum atomic E-state index is -4.36. The molecule has 0 N–H and O–H groups in total. The Morgan fingerprint density at radius 2 is 1.43 bits per heavy atom. The van der Waals surface area contributed by atoms with Crippen LogP contribution < -0.4 is 0 Å². The van der Waals surface area contributed by atoms with E-state index in [2.05, 4.69) is 9.05 Å². The maximum Gasteiger partial charge on any atom is 0.410 e. The molecular formula is C7H14F2IO3P. The summed E-state index contributed by atoms with van der Waals surface area (Å²) in [7, 11) is -4.36. The van der Waals surface area contributed by atoms with Crippen molar-refractivity contribution in [2.24, 2.45) is 0 Å². The van der Waals surface area contributed by atoms with Gasteiger partial charge in [0.2, 0.25) is 0 Å². The van der Waals surface area contributed by atoms with E-state index < -0.39 is 23.5 Å². The van der Waals surface area contributed by atoms with Crippen LogP contribution in [0.1, 0.15) is 27.7 Å². The first-order valence-corrected chi connectivity index (χ1v) is 6.74. The minimum absolute atomic E-state index is 0.569. The van der Waals surface area contributed by atoms with E-state index in [4.69, 9.17) is 0 Å². The molecule has 0 heterocycles. The molecule has 0 aliphatic carbocycles. The molecule has 0 unspecified atom stereocenters. The van der Waals surface area contributed by atoms with Crippen LogP contribution in [0.25, 0.3) is 0 Å². The Kier molecular flexibility index (Phi) is 5.46. The summed E-state index contributed by atoms with van der Waals surface area (Å²) in [4.78, 5) is 0. The Morgan fingerprint density at radius 1 is 1.14 bits per heavy atom. The lowest BCUT2D eigenvalue weighted by molar-refractivity contribution is 0.0837. The zero-order valence-electron chi connectivity index (χ0n) is 8.46.